The molecule has 1 atom stereocenters. The molecule has 0 aliphatic carbocycles. The first-order valence-corrected chi connectivity index (χ1v) is 5.49. The van der Waals surface area contributed by atoms with Gasteiger partial charge in [0.05, 0.1) is 0 Å². The normalized spacial score (nSPS) is 27.5. The molecule has 1 unspecified atom stereocenters. The van der Waals surface area contributed by atoms with Crippen LogP contribution < -0.4 is 5.32 Å². The van der Waals surface area contributed by atoms with Crippen molar-refractivity contribution in [1.82, 2.24) is 10.3 Å². The average Bonchev–Trinajstić information content (AvgIpc) is 2.31. The fourth-order valence-corrected chi connectivity index (χ4v) is 2.43. The number of piperidine rings is 1. The van der Waals surface area contributed by atoms with E-state index in [2.05, 4.69) is 29.4 Å². The van der Waals surface area contributed by atoms with Gasteiger partial charge in [0.2, 0.25) is 0 Å². The molecule has 76 valence electrons. The van der Waals surface area contributed by atoms with E-state index in [-0.39, 0.29) is 0 Å². The molecule has 2 rings (SSSR count). The van der Waals surface area contributed by atoms with Gasteiger partial charge < -0.3 is 5.32 Å². The Morgan fingerprint density at radius 2 is 2.21 bits per heavy atom. The molecule has 1 fully saturated rings. The average molecular weight is 190 g/mol. The van der Waals surface area contributed by atoms with E-state index >= 15 is 0 Å². The van der Waals surface area contributed by atoms with Crippen molar-refractivity contribution in [1.29, 1.82) is 0 Å². The topological polar surface area (TPSA) is 24.9 Å². The minimum atomic E-state index is 0.362. The van der Waals surface area contributed by atoms with Crippen molar-refractivity contribution in [2.75, 3.05) is 13.1 Å². The summed E-state index contributed by atoms with van der Waals surface area (Å²) in [5, 5.41) is 3.50. The standard InChI is InChI=1S/C12H18N2/c1-2-12(6-3-7-14-10-12)11-4-8-13-9-5-11/h4-5,8-9,14H,2-3,6-7,10H2,1H3. The van der Waals surface area contributed by atoms with Gasteiger partial charge in [-0.2, -0.15) is 0 Å². The molecule has 14 heavy (non-hydrogen) atoms. The summed E-state index contributed by atoms with van der Waals surface area (Å²) >= 11 is 0. The highest BCUT2D eigenvalue weighted by Gasteiger charge is 2.31. The molecule has 2 nitrogen and oxygen atoms in total. The van der Waals surface area contributed by atoms with Crippen LogP contribution in [0.5, 0.6) is 0 Å². The number of rotatable bonds is 2. The van der Waals surface area contributed by atoms with E-state index in [4.69, 9.17) is 0 Å². The number of hydrogen-bond acceptors (Lipinski definition) is 2. The third-order valence-electron chi connectivity index (χ3n) is 3.44. The Bertz CT molecular complexity index is 276. The van der Waals surface area contributed by atoms with Gasteiger partial charge in [-0.25, -0.2) is 0 Å². The number of nitrogens with zero attached hydrogens (tertiary/aromatic N) is 1. The summed E-state index contributed by atoms with van der Waals surface area (Å²) in [7, 11) is 0. The van der Waals surface area contributed by atoms with E-state index in [1.54, 1.807) is 0 Å². The van der Waals surface area contributed by atoms with E-state index in [1.807, 2.05) is 12.4 Å². The van der Waals surface area contributed by atoms with Crippen LogP contribution in [0.15, 0.2) is 24.5 Å². The first-order valence-electron chi connectivity index (χ1n) is 5.49. The highest BCUT2D eigenvalue weighted by molar-refractivity contribution is 5.24. The molecule has 1 aromatic heterocycles. The molecule has 0 amide bonds. The monoisotopic (exact) mass is 190 g/mol. The minimum Gasteiger partial charge on any atom is -0.316 e. The van der Waals surface area contributed by atoms with Crippen LogP contribution >= 0.6 is 0 Å². The van der Waals surface area contributed by atoms with Gasteiger partial charge in [0.1, 0.15) is 0 Å². The fourth-order valence-electron chi connectivity index (χ4n) is 2.43. The van der Waals surface area contributed by atoms with Crippen LogP contribution in [0, 0.1) is 0 Å². The second kappa shape index (κ2) is 4.09. The van der Waals surface area contributed by atoms with Gasteiger partial charge in [-0.3, -0.25) is 4.98 Å². The fraction of sp³-hybridized carbons (Fsp3) is 0.583. The lowest BCUT2D eigenvalue weighted by molar-refractivity contribution is 0.302. The summed E-state index contributed by atoms with van der Waals surface area (Å²) < 4.78 is 0. The zero-order valence-electron chi connectivity index (χ0n) is 8.79. The molecule has 0 spiro atoms. The van der Waals surface area contributed by atoms with Gasteiger partial charge in [0.25, 0.3) is 0 Å². The van der Waals surface area contributed by atoms with E-state index in [9.17, 15) is 0 Å². The maximum atomic E-state index is 4.09. The number of pyridine rings is 1. The van der Waals surface area contributed by atoms with Crippen LogP contribution in [0.4, 0.5) is 0 Å². The zero-order valence-corrected chi connectivity index (χ0v) is 8.79. The van der Waals surface area contributed by atoms with Crippen LogP contribution in [-0.2, 0) is 5.41 Å². The molecule has 1 N–H and O–H groups in total. The summed E-state index contributed by atoms with van der Waals surface area (Å²) in [6.07, 6.45) is 7.61. The molecule has 0 bridgehead atoms. The quantitative estimate of drug-likeness (QED) is 0.772. The largest absolute Gasteiger partial charge is 0.316 e. The summed E-state index contributed by atoms with van der Waals surface area (Å²) in [6.45, 7) is 4.58. The van der Waals surface area contributed by atoms with Crippen molar-refractivity contribution in [2.45, 2.75) is 31.6 Å². The lowest BCUT2D eigenvalue weighted by Gasteiger charge is -2.37. The van der Waals surface area contributed by atoms with Crippen LogP contribution in [0.2, 0.25) is 0 Å². The Morgan fingerprint density at radius 1 is 1.43 bits per heavy atom. The maximum Gasteiger partial charge on any atom is 0.0270 e. The van der Waals surface area contributed by atoms with Crippen molar-refractivity contribution in [3.8, 4) is 0 Å². The SMILES string of the molecule is CCC1(c2ccncc2)CCCNC1. The van der Waals surface area contributed by atoms with Crippen molar-refractivity contribution in [3.05, 3.63) is 30.1 Å². The highest BCUT2D eigenvalue weighted by atomic mass is 14.9. The van der Waals surface area contributed by atoms with Gasteiger partial charge in [-0.15, -0.1) is 0 Å². The van der Waals surface area contributed by atoms with E-state index in [0.29, 0.717) is 5.41 Å². The van der Waals surface area contributed by atoms with Crippen LogP contribution in [0.1, 0.15) is 31.7 Å². The van der Waals surface area contributed by atoms with Crippen molar-refractivity contribution < 1.29 is 0 Å². The van der Waals surface area contributed by atoms with Crippen LogP contribution in [0.3, 0.4) is 0 Å². The Morgan fingerprint density at radius 3 is 2.79 bits per heavy atom. The summed E-state index contributed by atoms with van der Waals surface area (Å²) in [5.74, 6) is 0. The predicted molar refractivity (Wildman–Crippen MR) is 58.3 cm³/mol. The molecular formula is C12H18N2. The summed E-state index contributed by atoms with van der Waals surface area (Å²) in [4.78, 5) is 4.09. The first-order chi connectivity index (χ1) is 6.87. The highest BCUT2D eigenvalue weighted by Crippen LogP contribution is 2.33. The van der Waals surface area contributed by atoms with Gasteiger partial charge in [-0.1, -0.05) is 6.92 Å². The maximum absolute atomic E-state index is 4.09. The third kappa shape index (κ3) is 1.67. The summed E-state index contributed by atoms with van der Waals surface area (Å²) in [5.41, 5.74) is 1.81. The molecule has 1 aliphatic heterocycles. The molecule has 1 aromatic rings. The molecule has 0 aromatic carbocycles. The van der Waals surface area contributed by atoms with Gasteiger partial charge in [-0.05, 0) is 43.5 Å². The Hall–Kier alpha value is -0.890. The Labute approximate surface area is 85.7 Å². The number of hydrogen-bond donors (Lipinski definition) is 1. The second-order valence-electron chi connectivity index (χ2n) is 4.15. The smallest absolute Gasteiger partial charge is 0.0270 e. The van der Waals surface area contributed by atoms with E-state index < -0.39 is 0 Å². The zero-order chi connectivity index (χ0) is 9.86. The molecule has 2 heterocycles. The molecular weight excluding hydrogens is 172 g/mol. The molecule has 2 heteroatoms. The Kier molecular flexibility index (Phi) is 2.82. The predicted octanol–water partition coefficient (Wildman–Crippen LogP) is 2.11. The van der Waals surface area contributed by atoms with Crippen LogP contribution in [0.25, 0.3) is 0 Å². The van der Waals surface area contributed by atoms with Crippen molar-refractivity contribution in [2.24, 2.45) is 0 Å². The molecule has 1 saturated heterocycles. The minimum absolute atomic E-state index is 0.362. The van der Waals surface area contributed by atoms with Gasteiger partial charge in [0.15, 0.2) is 0 Å². The molecule has 0 saturated carbocycles. The van der Waals surface area contributed by atoms with Crippen molar-refractivity contribution >= 4 is 0 Å². The molecule has 0 radical (unpaired) electrons. The van der Waals surface area contributed by atoms with Gasteiger partial charge in [0, 0.05) is 24.4 Å². The van der Waals surface area contributed by atoms with E-state index in [1.165, 1.54) is 31.4 Å². The number of nitrogens with one attached hydrogen (secondary N) is 1. The summed E-state index contributed by atoms with van der Waals surface area (Å²) in [6, 6.07) is 4.33. The first kappa shape index (κ1) is 9.66. The lowest BCUT2D eigenvalue weighted by atomic mass is 9.73. The Balaban J connectivity index is 2.27. The van der Waals surface area contributed by atoms with Crippen LogP contribution in [-0.4, -0.2) is 18.1 Å². The van der Waals surface area contributed by atoms with Crippen molar-refractivity contribution in [3.63, 3.8) is 0 Å². The van der Waals surface area contributed by atoms with E-state index in [0.717, 1.165) is 6.54 Å². The second-order valence-corrected chi connectivity index (χ2v) is 4.15. The molecule has 1 aliphatic rings. The third-order valence-corrected chi connectivity index (χ3v) is 3.44. The lowest BCUT2D eigenvalue weighted by Crippen LogP contribution is -2.42. The van der Waals surface area contributed by atoms with Gasteiger partial charge >= 0.3 is 0 Å². The number of aromatic nitrogens is 1.